The first-order valence-electron chi connectivity index (χ1n) is 13.0. The molecular formula is C36H24N2. The molecule has 6 aromatic carbocycles. The summed E-state index contributed by atoms with van der Waals surface area (Å²) in [6.45, 7) is 3.93. The van der Waals surface area contributed by atoms with Crippen molar-refractivity contribution in [3.63, 3.8) is 0 Å². The minimum absolute atomic E-state index is 1.12. The molecule has 0 aliphatic heterocycles. The number of hydrogen-bond acceptors (Lipinski definition) is 0. The molecule has 0 bridgehead atoms. The summed E-state index contributed by atoms with van der Waals surface area (Å²) < 4.78 is 4.78. The predicted octanol–water partition coefficient (Wildman–Crippen LogP) is 9.68. The van der Waals surface area contributed by atoms with Gasteiger partial charge in [0.25, 0.3) is 0 Å². The van der Waals surface area contributed by atoms with E-state index in [0.717, 1.165) is 11.3 Å². The number of fused-ring (bicyclic) bond motifs is 7. The summed E-state index contributed by atoms with van der Waals surface area (Å²) in [5.74, 6) is 0. The van der Waals surface area contributed by atoms with Crippen LogP contribution in [0.4, 0.5) is 0 Å². The highest BCUT2D eigenvalue weighted by Crippen LogP contribution is 2.38. The topological polar surface area (TPSA) is 9.86 Å². The van der Waals surface area contributed by atoms with Crippen LogP contribution in [0.15, 0.2) is 134 Å². The van der Waals surface area contributed by atoms with Crippen LogP contribution < -0.4 is 0 Å². The van der Waals surface area contributed by atoms with Crippen LogP contribution in [0.1, 0.15) is 5.56 Å². The average molecular weight is 485 g/mol. The van der Waals surface area contributed by atoms with Gasteiger partial charge in [0.2, 0.25) is 0 Å². The van der Waals surface area contributed by atoms with Gasteiger partial charge in [0.15, 0.2) is 0 Å². The molecule has 178 valence electrons. The molecule has 0 spiro atoms. The second-order valence-electron chi connectivity index (χ2n) is 9.92. The maximum atomic E-state index is 3.93. The molecule has 2 nitrogen and oxygen atoms in total. The molecule has 0 aliphatic rings. The van der Waals surface area contributed by atoms with Gasteiger partial charge in [0.05, 0.1) is 22.1 Å². The SMILES string of the molecule is C=Cc1ccc(-n2c3ccc(-n4c5ccccc5c5ccccc54)cc3c3cc4ccccc4cc32)cc1. The summed E-state index contributed by atoms with van der Waals surface area (Å²) in [6, 6.07) is 46.2. The Balaban J connectivity index is 1.48. The number of benzene rings is 6. The maximum Gasteiger partial charge on any atom is 0.0547 e. The highest BCUT2D eigenvalue weighted by atomic mass is 15.0. The van der Waals surface area contributed by atoms with E-state index in [1.165, 1.54) is 60.1 Å². The van der Waals surface area contributed by atoms with Gasteiger partial charge in [-0.05, 0) is 70.9 Å². The Morgan fingerprint density at radius 1 is 0.421 bits per heavy atom. The zero-order chi connectivity index (χ0) is 25.2. The molecule has 0 atom stereocenters. The number of para-hydroxylation sites is 2. The molecule has 0 fully saturated rings. The zero-order valence-corrected chi connectivity index (χ0v) is 20.8. The van der Waals surface area contributed by atoms with Gasteiger partial charge >= 0.3 is 0 Å². The first-order valence-corrected chi connectivity index (χ1v) is 13.0. The second kappa shape index (κ2) is 7.96. The van der Waals surface area contributed by atoms with Crippen LogP contribution in [-0.2, 0) is 0 Å². The number of aromatic nitrogens is 2. The smallest absolute Gasteiger partial charge is 0.0547 e. The minimum atomic E-state index is 1.12. The number of hydrogen-bond donors (Lipinski definition) is 0. The zero-order valence-electron chi connectivity index (χ0n) is 20.8. The Morgan fingerprint density at radius 3 is 1.63 bits per heavy atom. The summed E-state index contributed by atoms with van der Waals surface area (Å²) in [5, 5.41) is 7.56. The third-order valence-corrected chi connectivity index (χ3v) is 7.84. The first kappa shape index (κ1) is 21.0. The van der Waals surface area contributed by atoms with Crippen molar-refractivity contribution in [2.24, 2.45) is 0 Å². The molecule has 0 radical (unpaired) electrons. The Morgan fingerprint density at radius 2 is 0.947 bits per heavy atom. The molecule has 0 unspecified atom stereocenters. The van der Waals surface area contributed by atoms with Crippen molar-refractivity contribution in [1.82, 2.24) is 9.13 Å². The van der Waals surface area contributed by atoms with E-state index >= 15 is 0 Å². The van der Waals surface area contributed by atoms with Crippen LogP contribution in [-0.4, -0.2) is 9.13 Å². The van der Waals surface area contributed by atoms with Crippen molar-refractivity contribution in [3.05, 3.63) is 140 Å². The minimum Gasteiger partial charge on any atom is -0.309 e. The number of rotatable bonds is 3. The molecule has 0 saturated heterocycles. The molecule has 2 aromatic heterocycles. The van der Waals surface area contributed by atoms with Gasteiger partial charge in [0, 0.05) is 32.9 Å². The Hall–Kier alpha value is -5.08. The quantitative estimate of drug-likeness (QED) is 0.236. The van der Waals surface area contributed by atoms with Gasteiger partial charge < -0.3 is 9.13 Å². The fourth-order valence-electron chi connectivity index (χ4n) is 6.07. The van der Waals surface area contributed by atoms with Crippen LogP contribution in [0, 0.1) is 0 Å². The van der Waals surface area contributed by atoms with Crippen LogP contribution in [0.2, 0.25) is 0 Å². The van der Waals surface area contributed by atoms with Crippen molar-refractivity contribution in [2.75, 3.05) is 0 Å². The lowest BCUT2D eigenvalue weighted by Crippen LogP contribution is -1.95. The molecule has 38 heavy (non-hydrogen) atoms. The van der Waals surface area contributed by atoms with Gasteiger partial charge in [-0.3, -0.25) is 0 Å². The maximum absolute atomic E-state index is 3.93. The standard InChI is InChI=1S/C36H24N2/c1-2-24-15-17-27(18-16-24)37-35-20-19-28(23-32(35)31-21-25-9-3-4-10-26(25)22-36(31)37)38-33-13-7-5-11-29(33)30-12-6-8-14-34(30)38/h2-23H,1H2. The average Bonchev–Trinajstić information content (AvgIpc) is 3.48. The van der Waals surface area contributed by atoms with Crippen LogP contribution in [0.25, 0.3) is 71.8 Å². The Kier molecular flexibility index (Phi) is 4.41. The van der Waals surface area contributed by atoms with E-state index in [4.69, 9.17) is 0 Å². The highest BCUT2D eigenvalue weighted by molar-refractivity contribution is 6.15. The van der Waals surface area contributed by atoms with Crippen molar-refractivity contribution >= 4 is 60.5 Å². The van der Waals surface area contributed by atoms with Crippen molar-refractivity contribution in [3.8, 4) is 11.4 Å². The van der Waals surface area contributed by atoms with E-state index in [9.17, 15) is 0 Å². The molecule has 0 amide bonds. The van der Waals surface area contributed by atoms with E-state index in [1.807, 2.05) is 6.08 Å². The van der Waals surface area contributed by atoms with Gasteiger partial charge in [0.1, 0.15) is 0 Å². The lowest BCUT2D eigenvalue weighted by Gasteiger charge is -2.10. The summed E-state index contributed by atoms with van der Waals surface area (Å²) in [4.78, 5) is 0. The van der Waals surface area contributed by atoms with E-state index in [2.05, 4.69) is 143 Å². The fraction of sp³-hybridized carbons (Fsp3) is 0. The van der Waals surface area contributed by atoms with Gasteiger partial charge in [-0.1, -0.05) is 85.5 Å². The lowest BCUT2D eigenvalue weighted by molar-refractivity contribution is 1.17. The molecule has 0 saturated carbocycles. The number of nitrogens with zero attached hydrogens (tertiary/aromatic N) is 2. The molecule has 0 aliphatic carbocycles. The third-order valence-electron chi connectivity index (χ3n) is 7.84. The fourth-order valence-corrected chi connectivity index (χ4v) is 6.07. The third kappa shape index (κ3) is 2.95. The van der Waals surface area contributed by atoms with E-state index in [1.54, 1.807) is 0 Å². The predicted molar refractivity (Wildman–Crippen MR) is 163 cm³/mol. The molecular weight excluding hydrogens is 460 g/mol. The molecule has 8 rings (SSSR count). The highest BCUT2D eigenvalue weighted by Gasteiger charge is 2.17. The molecule has 8 aromatic rings. The largest absolute Gasteiger partial charge is 0.309 e. The van der Waals surface area contributed by atoms with Crippen LogP contribution >= 0.6 is 0 Å². The molecule has 2 heteroatoms. The van der Waals surface area contributed by atoms with Gasteiger partial charge in [-0.2, -0.15) is 0 Å². The van der Waals surface area contributed by atoms with E-state index < -0.39 is 0 Å². The summed E-state index contributed by atoms with van der Waals surface area (Å²) in [7, 11) is 0. The second-order valence-corrected chi connectivity index (χ2v) is 9.92. The van der Waals surface area contributed by atoms with E-state index in [0.29, 0.717) is 0 Å². The summed E-state index contributed by atoms with van der Waals surface area (Å²) in [5.41, 5.74) is 8.30. The van der Waals surface area contributed by atoms with Crippen molar-refractivity contribution < 1.29 is 0 Å². The van der Waals surface area contributed by atoms with Crippen molar-refractivity contribution in [1.29, 1.82) is 0 Å². The van der Waals surface area contributed by atoms with Crippen LogP contribution in [0.3, 0.4) is 0 Å². The Labute approximate surface area is 220 Å². The monoisotopic (exact) mass is 484 g/mol. The summed E-state index contributed by atoms with van der Waals surface area (Å²) >= 11 is 0. The summed E-state index contributed by atoms with van der Waals surface area (Å²) in [6.07, 6.45) is 1.89. The van der Waals surface area contributed by atoms with Gasteiger partial charge in [-0.25, -0.2) is 0 Å². The normalized spacial score (nSPS) is 11.8. The van der Waals surface area contributed by atoms with Crippen molar-refractivity contribution in [2.45, 2.75) is 0 Å². The molecule has 2 heterocycles. The lowest BCUT2D eigenvalue weighted by atomic mass is 10.1. The first-order chi connectivity index (χ1) is 18.8. The Bertz CT molecular complexity index is 2140. The molecule has 0 N–H and O–H groups in total. The van der Waals surface area contributed by atoms with E-state index in [-0.39, 0.29) is 0 Å². The van der Waals surface area contributed by atoms with Crippen LogP contribution in [0.5, 0.6) is 0 Å². The van der Waals surface area contributed by atoms with Gasteiger partial charge in [-0.15, -0.1) is 0 Å².